The molecule has 0 radical (unpaired) electrons. The third-order valence-corrected chi connectivity index (χ3v) is 8.77. The Labute approximate surface area is 249 Å². The van der Waals surface area contributed by atoms with Gasteiger partial charge in [0.15, 0.2) is 0 Å². The molecular formula is C41H26N2. The zero-order valence-corrected chi connectivity index (χ0v) is 23.4. The van der Waals surface area contributed by atoms with Gasteiger partial charge in [0, 0.05) is 10.9 Å². The van der Waals surface area contributed by atoms with Crippen LogP contribution in [0.3, 0.4) is 0 Å². The molecule has 2 heteroatoms. The topological polar surface area (TPSA) is 17.8 Å². The first-order chi connectivity index (χ1) is 21.3. The minimum Gasteiger partial charge on any atom is -0.292 e. The average molecular weight is 547 g/mol. The second kappa shape index (κ2) is 9.40. The summed E-state index contributed by atoms with van der Waals surface area (Å²) < 4.78 is 2.32. The second-order valence-electron chi connectivity index (χ2n) is 11.2. The first-order valence-electron chi connectivity index (χ1n) is 14.7. The summed E-state index contributed by atoms with van der Waals surface area (Å²) >= 11 is 0. The third-order valence-electron chi connectivity index (χ3n) is 8.77. The van der Waals surface area contributed by atoms with Gasteiger partial charge in [-0.15, -0.1) is 0 Å². The average Bonchev–Trinajstić information content (AvgIpc) is 3.46. The number of rotatable bonds is 3. The van der Waals surface area contributed by atoms with Crippen molar-refractivity contribution in [2.45, 2.75) is 0 Å². The van der Waals surface area contributed by atoms with E-state index in [2.05, 4.69) is 162 Å². The number of para-hydroxylation sites is 2. The molecule has 0 saturated heterocycles. The van der Waals surface area contributed by atoms with Gasteiger partial charge in [0.1, 0.15) is 5.82 Å². The maximum absolute atomic E-state index is 5.10. The van der Waals surface area contributed by atoms with E-state index < -0.39 is 0 Å². The molecular weight excluding hydrogens is 520 g/mol. The van der Waals surface area contributed by atoms with E-state index in [1.807, 2.05) is 0 Å². The fourth-order valence-corrected chi connectivity index (χ4v) is 6.78. The Morgan fingerprint density at radius 3 is 1.95 bits per heavy atom. The largest absolute Gasteiger partial charge is 0.292 e. The van der Waals surface area contributed by atoms with E-state index in [1.54, 1.807) is 0 Å². The summed E-state index contributed by atoms with van der Waals surface area (Å²) in [7, 11) is 0. The van der Waals surface area contributed by atoms with Gasteiger partial charge in [-0.2, -0.15) is 0 Å². The van der Waals surface area contributed by atoms with Crippen molar-refractivity contribution >= 4 is 54.1 Å². The summed E-state index contributed by atoms with van der Waals surface area (Å²) in [6.45, 7) is 0. The molecule has 9 aromatic rings. The minimum absolute atomic E-state index is 0.948. The fraction of sp³-hybridized carbons (Fsp3) is 0. The molecule has 0 aliphatic heterocycles. The van der Waals surface area contributed by atoms with Crippen LogP contribution in [0.2, 0.25) is 0 Å². The molecule has 9 rings (SSSR count). The van der Waals surface area contributed by atoms with Crippen LogP contribution in [0, 0.1) is 0 Å². The van der Waals surface area contributed by atoms with E-state index in [4.69, 9.17) is 4.98 Å². The number of hydrogen-bond donors (Lipinski definition) is 0. The van der Waals surface area contributed by atoms with Crippen LogP contribution in [0.4, 0.5) is 0 Å². The number of imidazole rings is 1. The maximum Gasteiger partial charge on any atom is 0.145 e. The predicted molar refractivity (Wildman–Crippen MR) is 182 cm³/mol. The molecule has 0 unspecified atom stereocenters. The van der Waals surface area contributed by atoms with Gasteiger partial charge in [-0.3, -0.25) is 4.57 Å². The summed E-state index contributed by atoms with van der Waals surface area (Å²) in [6, 6.07) is 56.8. The molecule has 0 amide bonds. The summed E-state index contributed by atoms with van der Waals surface area (Å²) in [5.74, 6) is 0.948. The Balaban J connectivity index is 1.31. The Morgan fingerprint density at radius 2 is 1.05 bits per heavy atom. The molecule has 0 atom stereocenters. The van der Waals surface area contributed by atoms with Gasteiger partial charge in [-0.05, 0) is 79.2 Å². The standard InChI is InChI=1S/C41H26N2/c1-2-12-28(13-3-1)41-42-38-19-8-9-20-40(38)43(41)39-24-23-34(32-16-6-7-17-35(32)39)33-18-10-14-29-25-36-30(26-37(29)33)22-21-27-11-4-5-15-31(27)36/h1-26H. The summed E-state index contributed by atoms with van der Waals surface area (Å²) in [4.78, 5) is 5.10. The van der Waals surface area contributed by atoms with Gasteiger partial charge in [-0.25, -0.2) is 4.98 Å². The molecule has 0 N–H and O–H groups in total. The Hall–Kier alpha value is -5.73. The highest BCUT2D eigenvalue weighted by atomic mass is 15.1. The van der Waals surface area contributed by atoms with Gasteiger partial charge in [0.05, 0.1) is 16.7 Å². The molecule has 1 heterocycles. The van der Waals surface area contributed by atoms with Crippen molar-refractivity contribution < 1.29 is 0 Å². The zero-order chi connectivity index (χ0) is 28.3. The van der Waals surface area contributed by atoms with E-state index in [0.717, 1.165) is 28.1 Å². The maximum atomic E-state index is 5.10. The molecule has 200 valence electrons. The molecule has 2 nitrogen and oxygen atoms in total. The van der Waals surface area contributed by atoms with Crippen LogP contribution in [0.25, 0.3) is 82.3 Å². The third kappa shape index (κ3) is 3.70. The normalized spacial score (nSPS) is 11.7. The highest BCUT2D eigenvalue weighted by Gasteiger charge is 2.18. The van der Waals surface area contributed by atoms with Crippen LogP contribution >= 0.6 is 0 Å². The lowest BCUT2D eigenvalue weighted by molar-refractivity contribution is 1.11. The van der Waals surface area contributed by atoms with Crippen molar-refractivity contribution in [2.24, 2.45) is 0 Å². The van der Waals surface area contributed by atoms with Crippen molar-refractivity contribution in [3.8, 4) is 28.2 Å². The second-order valence-corrected chi connectivity index (χ2v) is 11.2. The molecule has 0 saturated carbocycles. The lowest BCUT2D eigenvalue weighted by atomic mass is 9.91. The fourth-order valence-electron chi connectivity index (χ4n) is 6.78. The molecule has 0 spiro atoms. The van der Waals surface area contributed by atoms with Crippen molar-refractivity contribution in [3.05, 3.63) is 158 Å². The van der Waals surface area contributed by atoms with Crippen molar-refractivity contribution in [1.29, 1.82) is 0 Å². The van der Waals surface area contributed by atoms with Gasteiger partial charge in [0.25, 0.3) is 0 Å². The number of aromatic nitrogens is 2. The van der Waals surface area contributed by atoms with Gasteiger partial charge in [-0.1, -0.05) is 127 Å². The minimum atomic E-state index is 0.948. The molecule has 0 fully saturated rings. The smallest absolute Gasteiger partial charge is 0.145 e. The first-order valence-corrected chi connectivity index (χ1v) is 14.7. The summed E-state index contributed by atoms with van der Waals surface area (Å²) in [5.41, 5.74) is 6.79. The van der Waals surface area contributed by atoms with Crippen LogP contribution in [0.1, 0.15) is 0 Å². The lowest BCUT2D eigenvalue weighted by Gasteiger charge is -2.17. The molecule has 1 aromatic heterocycles. The first kappa shape index (κ1) is 23.9. The number of benzene rings is 8. The zero-order valence-electron chi connectivity index (χ0n) is 23.4. The summed E-state index contributed by atoms with van der Waals surface area (Å²) in [5, 5.41) is 10.1. The van der Waals surface area contributed by atoms with E-state index >= 15 is 0 Å². The lowest BCUT2D eigenvalue weighted by Crippen LogP contribution is -1.99. The van der Waals surface area contributed by atoms with E-state index in [9.17, 15) is 0 Å². The van der Waals surface area contributed by atoms with Crippen molar-refractivity contribution in [2.75, 3.05) is 0 Å². The van der Waals surface area contributed by atoms with E-state index in [0.29, 0.717) is 0 Å². The van der Waals surface area contributed by atoms with Crippen molar-refractivity contribution in [3.63, 3.8) is 0 Å². The summed E-state index contributed by atoms with van der Waals surface area (Å²) in [6.07, 6.45) is 0. The predicted octanol–water partition coefficient (Wildman–Crippen LogP) is 11.0. The Morgan fingerprint density at radius 1 is 0.395 bits per heavy atom. The highest BCUT2D eigenvalue weighted by Crippen LogP contribution is 2.40. The highest BCUT2D eigenvalue weighted by molar-refractivity contribution is 6.16. The van der Waals surface area contributed by atoms with E-state index in [1.165, 1.54) is 54.2 Å². The van der Waals surface area contributed by atoms with Crippen LogP contribution < -0.4 is 0 Å². The van der Waals surface area contributed by atoms with Gasteiger partial charge in [0.2, 0.25) is 0 Å². The SMILES string of the molecule is c1ccc(-c2nc3ccccc3n2-c2ccc(-c3cccc4cc5c(ccc6ccccc65)cc34)c3ccccc23)cc1. The molecule has 0 bridgehead atoms. The number of nitrogens with zero attached hydrogens (tertiary/aromatic N) is 2. The van der Waals surface area contributed by atoms with Crippen LogP contribution in [-0.4, -0.2) is 9.55 Å². The Bertz CT molecular complexity index is 2500. The monoisotopic (exact) mass is 546 g/mol. The van der Waals surface area contributed by atoms with E-state index in [-0.39, 0.29) is 0 Å². The molecule has 0 aliphatic rings. The van der Waals surface area contributed by atoms with Crippen LogP contribution in [0.5, 0.6) is 0 Å². The van der Waals surface area contributed by atoms with Gasteiger partial charge >= 0.3 is 0 Å². The van der Waals surface area contributed by atoms with Crippen LogP contribution in [0.15, 0.2) is 158 Å². The Kier molecular flexibility index (Phi) is 5.23. The molecule has 8 aromatic carbocycles. The van der Waals surface area contributed by atoms with Crippen LogP contribution in [-0.2, 0) is 0 Å². The molecule has 43 heavy (non-hydrogen) atoms. The molecule has 0 aliphatic carbocycles. The van der Waals surface area contributed by atoms with Gasteiger partial charge < -0.3 is 0 Å². The van der Waals surface area contributed by atoms with Crippen molar-refractivity contribution in [1.82, 2.24) is 9.55 Å². The number of fused-ring (bicyclic) bond motifs is 6. The number of hydrogen-bond acceptors (Lipinski definition) is 1. The quantitative estimate of drug-likeness (QED) is 0.159.